The molecule has 0 spiro atoms. The van der Waals surface area contributed by atoms with E-state index in [1.54, 1.807) is 22.7 Å². The van der Waals surface area contributed by atoms with E-state index in [2.05, 4.69) is 0 Å². The van der Waals surface area contributed by atoms with Crippen LogP contribution in [0.3, 0.4) is 0 Å². The maximum Gasteiger partial charge on any atom is 0.255 e. The van der Waals surface area contributed by atoms with Crippen molar-refractivity contribution >= 4 is 41.7 Å². The van der Waals surface area contributed by atoms with Gasteiger partial charge in [-0.2, -0.15) is 0 Å². The largest absolute Gasteiger partial charge is 0.337 e. The first-order valence-electron chi connectivity index (χ1n) is 5.50. The lowest BCUT2D eigenvalue weighted by Crippen LogP contribution is -2.32. The summed E-state index contributed by atoms with van der Waals surface area (Å²) in [6, 6.07) is 5.64. The Kier molecular flexibility index (Phi) is 5.79. The molecule has 18 heavy (non-hydrogen) atoms. The molecule has 100 valence electrons. The smallest absolute Gasteiger partial charge is 0.255 e. The summed E-state index contributed by atoms with van der Waals surface area (Å²) >= 11 is 7.67. The Morgan fingerprint density at radius 1 is 1.56 bits per heavy atom. The van der Waals surface area contributed by atoms with Crippen molar-refractivity contribution in [2.24, 2.45) is 5.73 Å². The highest BCUT2D eigenvalue weighted by Gasteiger charge is 2.25. The van der Waals surface area contributed by atoms with Crippen LogP contribution in [0.25, 0.3) is 0 Å². The molecule has 0 unspecified atom stereocenters. The molecule has 1 aliphatic heterocycles. The monoisotopic (exact) mass is 306 g/mol. The van der Waals surface area contributed by atoms with Gasteiger partial charge in [-0.3, -0.25) is 4.79 Å². The van der Waals surface area contributed by atoms with Gasteiger partial charge >= 0.3 is 0 Å². The standard InChI is InChI=1S/C12H15ClN2OS.ClH/c1-17-9-2-3-11(13)10(6-9)12(16)15-5-4-8(14)7-15;/h2-3,6,8H,4-5,7,14H2,1H3;1H/t8-;/m0./s1. The Hall–Kier alpha value is -0.420. The van der Waals surface area contributed by atoms with Crippen LogP contribution in [0.2, 0.25) is 5.02 Å². The summed E-state index contributed by atoms with van der Waals surface area (Å²) in [5, 5.41) is 0.508. The molecule has 1 atom stereocenters. The van der Waals surface area contributed by atoms with Crippen LogP contribution < -0.4 is 5.73 Å². The first-order valence-corrected chi connectivity index (χ1v) is 7.10. The molecule has 1 aromatic rings. The number of carbonyl (C=O) groups excluding carboxylic acids is 1. The summed E-state index contributed by atoms with van der Waals surface area (Å²) in [6.45, 7) is 1.35. The molecule has 2 rings (SSSR count). The van der Waals surface area contributed by atoms with Crippen molar-refractivity contribution in [1.82, 2.24) is 4.90 Å². The number of rotatable bonds is 2. The van der Waals surface area contributed by atoms with Gasteiger partial charge in [0.1, 0.15) is 0 Å². The number of hydrogen-bond donors (Lipinski definition) is 1. The fraction of sp³-hybridized carbons (Fsp3) is 0.417. The van der Waals surface area contributed by atoms with Crippen molar-refractivity contribution in [2.45, 2.75) is 17.4 Å². The normalized spacial score (nSPS) is 18.6. The van der Waals surface area contributed by atoms with Crippen LogP contribution >= 0.6 is 35.8 Å². The molecule has 1 fully saturated rings. The van der Waals surface area contributed by atoms with E-state index in [1.807, 2.05) is 18.4 Å². The third-order valence-electron chi connectivity index (χ3n) is 2.92. The average Bonchev–Trinajstić information content (AvgIpc) is 2.76. The van der Waals surface area contributed by atoms with E-state index >= 15 is 0 Å². The molecule has 0 saturated carbocycles. The Balaban J connectivity index is 0.00000162. The molecule has 1 heterocycles. The molecule has 3 nitrogen and oxygen atoms in total. The number of nitrogens with zero attached hydrogens (tertiary/aromatic N) is 1. The lowest BCUT2D eigenvalue weighted by atomic mass is 10.2. The Labute approximate surface area is 122 Å². The summed E-state index contributed by atoms with van der Waals surface area (Å²) < 4.78 is 0. The van der Waals surface area contributed by atoms with E-state index in [-0.39, 0.29) is 24.4 Å². The topological polar surface area (TPSA) is 46.3 Å². The van der Waals surface area contributed by atoms with Crippen molar-refractivity contribution in [2.75, 3.05) is 19.3 Å². The Morgan fingerprint density at radius 2 is 2.28 bits per heavy atom. The second-order valence-electron chi connectivity index (χ2n) is 4.15. The van der Waals surface area contributed by atoms with Crippen LogP contribution in [0.5, 0.6) is 0 Å². The zero-order valence-corrected chi connectivity index (χ0v) is 12.4. The Bertz CT molecular complexity index is 442. The van der Waals surface area contributed by atoms with E-state index in [0.29, 0.717) is 17.1 Å². The van der Waals surface area contributed by atoms with Crippen molar-refractivity contribution in [1.29, 1.82) is 0 Å². The number of hydrogen-bond acceptors (Lipinski definition) is 3. The minimum absolute atomic E-state index is 0. The molecule has 1 aromatic carbocycles. The SMILES string of the molecule is CSc1ccc(Cl)c(C(=O)N2CC[C@H](N)C2)c1.Cl. The predicted octanol–water partition coefficient (Wildman–Crippen LogP) is 2.66. The summed E-state index contributed by atoms with van der Waals surface area (Å²) in [4.78, 5) is 15.1. The molecular weight excluding hydrogens is 291 g/mol. The number of thioether (sulfide) groups is 1. The number of halogens is 2. The third kappa shape index (κ3) is 3.32. The van der Waals surface area contributed by atoms with Gasteiger partial charge in [-0.15, -0.1) is 24.2 Å². The van der Waals surface area contributed by atoms with Gasteiger partial charge in [0.15, 0.2) is 0 Å². The van der Waals surface area contributed by atoms with Gasteiger partial charge in [0.2, 0.25) is 0 Å². The van der Waals surface area contributed by atoms with Crippen LogP contribution in [0.1, 0.15) is 16.8 Å². The maximum absolute atomic E-state index is 12.3. The molecule has 0 bridgehead atoms. The van der Waals surface area contributed by atoms with Crippen molar-refractivity contribution in [3.8, 4) is 0 Å². The van der Waals surface area contributed by atoms with Crippen LogP contribution in [-0.2, 0) is 0 Å². The van der Waals surface area contributed by atoms with E-state index < -0.39 is 0 Å². The zero-order chi connectivity index (χ0) is 12.4. The maximum atomic E-state index is 12.3. The molecule has 2 N–H and O–H groups in total. The van der Waals surface area contributed by atoms with Gasteiger partial charge in [0.05, 0.1) is 10.6 Å². The van der Waals surface area contributed by atoms with Crippen LogP contribution in [-0.4, -0.2) is 36.2 Å². The van der Waals surface area contributed by atoms with E-state index in [4.69, 9.17) is 17.3 Å². The predicted molar refractivity (Wildman–Crippen MR) is 79.0 cm³/mol. The highest BCUT2D eigenvalue weighted by atomic mass is 35.5. The molecule has 1 amide bonds. The van der Waals surface area contributed by atoms with Gasteiger partial charge in [0.25, 0.3) is 5.91 Å². The van der Waals surface area contributed by atoms with Crippen molar-refractivity contribution < 1.29 is 4.79 Å². The molecular formula is C12H16Cl2N2OS. The van der Waals surface area contributed by atoms with Crippen molar-refractivity contribution in [3.63, 3.8) is 0 Å². The van der Waals surface area contributed by atoms with Crippen LogP contribution in [0.4, 0.5) is 0 Å². The number of carbonyl (C=O) groups is 1. The van der Waals surface area contributed by atoms with Crippen LogP contribution in [0.15, 0.2) is 23.1 Å². The van der Waals surface area contributed by atoms with Gasteiger partial charge in [0, 0.05) is 24.0 Å². The second kappa shape index (κ2) is 6.66. The molecule has 1 saturated heterocycles. The second-order valence-corrected chi connectivity index (χ2v) is 5.43. The lowest BCUT2D eigenvalue weighted by Gasteiger charge is -2.17. The molecule has 0 radical (unpaired) electrons. The Morgan fingerprint density at radius 3 is 2.83 bits per heavy atom. The van der Waals surface area contributed by atoms with E-state index in [0.717, 1.165) is 17.9 Å². The molecule has 1 aliphatic rings. The van der Waals surface area contributed by atoms with E-state index in [9.17, 15) is 4.79 Å². The van der Waals surface area contributed by atoms with Gasteiger partial charge in [-0.1, -0.05) is 11.6 Å². The quantitative estimate of drug-likeness (QED) is 0.855. The number of benzene rings is 1. The number of amides is 1. The van der Waals surface area contributed by atoms with Crippen LogP contribution in [0, 0.1) is 0 Å². The first-order chi connectivity index (χ1) is 8.11. The zero-order valence-electron chi connectivity index (χ0n) is 10.1. The fourth-order valence-electron chi connectivity index (χ4n) is 1.94. The van der Waals surface area contributed by atoms with E-state index in [1.165, 1.54) is 0 Å². The molecule has 0 aromatic heterocycles. The average molecular weight is 307 g/mol. The first kappa shape index (κ1) is 15.6. The third-order valence-corrected chi connectivity index (χ3v) is 3.97. The highest BCUT2D eigenvalue weighted by Crippen LogP contribution is 2.25. The number of likely N-dealkylation sites (tertiary alicyclic amines) is 1. The van der Waals surface area contributed by atoms with Crippen molar-refractivity contribution in [3.05, 3.63) is 28.8 Å². The number of nitrogens with two attached hydrogens (primary N) is 1. The minimum atomic E-state index is -0.0150. The summed E-state index contributed by atoms with van der Waals surface area (Å²) in [6.07, 6.45) is 2.84. The minimum Gasteiger partial charge on any atom is -0.337 e. The fourth-order valence-corrected chi connectivity index (χ4v) is 2.58. The highest BCUT2D eigenvalue weighted by molar-refractivity contribution is 7.98. The summed E-state index contributed by atoms with van der Waals surface area (Å²) in [7, 11) is 0. The molecule has 6 heteroatoms. The summed E-state index contributed by atoms with van der Waals surface area (Å²) in [5.41, 5.74) is 6.38. The molecule has 0 aliphatic carbocycles. The van der Waals surface area contributed by atoms with Gasteiger partial charge < -0.3 is 10.6 Å². The lowest BCUT2D eigenvalue weighted by molar-refractivity contribution is 0.0791. The van der Waals surface area contributed by atoms with Gasteiger partial charge in [-0.05, 0) is 30.9 Å². The summed E-state index contributed by atoms with van der Waals surface area (Å²) in [5.74, 6) is -0.0150. The van der Waals surface area contributed by atoms with Gasteiger partial charge in [-0.25, -0.2) is 0 Å².